The summed E-state index contributed by atoms with van der Waals surface area (Å²) in [6.07, 6.45) is 3.70. The van der Waals surface area contributed by atoms with E-state index < -0.39 is 0 Å². The van der Waals surface area contributed by atoms with E-state index in [9.17, 15) is 4.79 Å². The molecule has 4 heteroatoms. The van der Waals surface area contributed by atoms with Crippen molar-refractivity contribution in [3.05, 3.63) is 30.3 Å². The second-order valence-corrected chi connectivity index (χ2v) is 5.60. The van der Waals surface area contributed by atoms with Gasteiger partial charge in [0.25, 0.3) is 0 Å². The lowest BCUT2D eigenvalue weighted by molar-refractivity contribution is -0.118. The Kier molecular flexibility index (Phi) is 5.55. The summed E-state index contributed by atoms with van der Waals surface area (Å²) >= 11 is 1.58. The molecule has 1 atom stereocenters. The van der Waals surface area contributed by atoms with Gasteiger partial charge in [-0.2, -0.15) is 0 Å². The molecule has 1 aliphatic heterocycles. The minimum atomic E-state index is 0.122. The molecule has 3 nitrogen and oxygen atoms in total. The maximum atomic E-state index is 11.7. The molecule has 0 aliphatic carbocycles. The van der Waals surface area contributed by atoms with Crippen LogP contribution in [0.25, 0.3) is 0 Å². The summed E-state index contributed by atoms with van der Waals surface area (Å²) in [5, 5.41) is 6.43. The van der Waals surface area contributed by atoms with Crippen molar-refractivity contribution in [3.63, 3.8) is 0 Å². The van der Waals surface area contributed by atoms with E-state index in [0.717, 1.165) is 18.0 Å². The monoisotopic (exact) mass is 264 g/mol. The normalized spacial score (nSPS) is 19.4. The molecule has 1 aliphatic rings. The van der Waals surface area contributed by atoms with E-state index in [-0.39, 0.29) is 5.91 Å². The Morgan fingerprint density at radius 1 is 1.33 bits per heavy atom. The Bertz CT molecular complexity index is 363. The molecule has 1 unspecified atom stereocenters. The van der Waals surface area contributed by atoms with Gasteiger partial charge in [-0.3, -0.25) is 4.79 Å². The van der Waals surface area contributed by atoms with Gasteiger partial charge >= 0.3 is 0 Å². The van der Waals surface area contributed by atoms with E-state index in [1.165, 1.54) is 19.3 Å². The fourth-order valence-electron chi connectivity index (χ4n) is 2.05. The van der Waals surface area contributed by atoms with Crippen molar-refractivity contribution in [1.29, 1.82) is 0 Å². The van der Waals surface area contributed by atoms with Crippen LogP contribution in [0.1, 0.15) is 19.3 Å². The predicted octanol–water partition coefficient (Wildman–Crippen LogP) is 2.04. The third-order valence-corrected chi connectivity index (χ3v) is 4.08. The van der Waals surface area contributed by atoms with Crippen LogP contribution in [0.3, 0.4) is 0 Å². The molecule has 1 fully saturated rings. The molecule has 1 heterocycles. The topological polar surface area (TPSA) is 41.1 Å². The van der Waals surface area contributed by atoms with E-state index in [4.69, 9.17) is 0 Å². The van der Waals surface area contributed by atoms with Gasteiger partial charge in [0, 0.05) is 17.5 Å². The highest BCUT2D eigenvalue weighted by Crippen LogP contribution is 2.16. The molecule has 2 N–H and O–H groups in total. The maximum Gasteiger partial charge on any atom is 0.230 e. The van der Waals surface area contributed by atoms with Crippen LogP contribution in [0, 0.1) is 0 Å². The van der Waals surface area contributed by atoms with E-state index in [1.54, 1.807) is 11.8 Å². The van der Waals surface area contributed by atoms with Crippen LogP contribution in [-0.4, -0.2) is 30.8 Å². The van der Waals surface area contributed by atoms with Gasteiger partial charge in [0.1, 0.15) is 0 Å². The summed E-state index contributed by atoms with van der Waals surface area (Å²) < 4.78 is 0. The Hall–Kier alpha value is -1.00. The van der Waals surface area contributed by atoms with Gasteiger partial charge in [-0.1, -0.05) is 24.6 Å². The van der Waals surface area contributed by atoms with Crippen LogP contribution in [0.2, 0.25) is 0 Å². The summed E-state index contributed by atoms with van der Waals surface area (Å²) in [6.45, 7) is 1.84. The lowest BCUT2D eigenvalue weighted by Crippen LogP contribution is -2.43. The van der Waals surface area contributed by atoms with Crippen molar-refractivity contribution in [2.75, 3.05) is 18.8 Å². The number of hydrogen-bond donors (Lipinski definition) is 2. The summed E-state index contributed by atoms with van der Waals surface area (Å²) in [5.74, 6) is 0.618. The molecule has 0 aromatic heterocycles. The molecule has 0 spiro atoms. The number of amides is 1. The highest BCUT2D eigenvalue weighted by molar-refractivity contribution is 8.00. The van der Waals surface area contributed by atoms with E-state index in [1.807, 2.05) is 30.3 Å². The van der Waals surface area contributed by atoms with Gasteiger partial charge in [-0.05, 0) is 31.5 Å². The summed E-state index contributed by atoms with van der Waals surface area (Å²) in [4.78, 5) is 12.8. The molecule has 0 radical (unpaired) electrons. The first-order chi connectivity index (χ1) is 8.84. The molecule has 18 heavy (non-hydrogen) atoms. The average Bonchev–Trinajstić information content (AvgIpc) is 2.45. The number of piperidine rings is 1. The predicted molar refractivity (Wildman–Crippen MR) is 75.8 cm³/mol. The highest BCUT2D eigenvalue weighted by atomic mass is 32.2. The van der Waals surface area contributed by atoms with Gasteiger partial charge in [0.05, 0.1) is 5.75 Å². The number of rotatable bonds is 5. The molecule has 0 bridgehead atoms. The molecule has 1 amide bonds. The SMILES string of the molecule is O=C(CSc1ccccc1)NCC1CCCCN1. The highest BCUT2D eigenvalue weighted by Gasteiger charge is 2.13. The van der Waals surface area contributed by atoms with Gasteiger partial charge in [0.2, 0.25) is 5.91 Å². The number of carbonyl (C=O) groups is 1. The molecular weight excluding hydrogens is 244 g/mol. The number of hydrogen-bond acceptors (Lipinski definition) is 3. The molecule has 98 valence electrons. The quantitative estimate of drug-likeness (QED) is 0.800. The fourth-order valence-corrected chi connectivity index (χ4v) is 2.80. The van der Waals surface area contributed by atoms with Gasteiger partial charge < -0.3 is 10.6 Å². The van der Waals surface area contributed by atoms with Crippen molar-refractivity contribution in [1.82, 2.24) is 10.6 Å². The van der Waals surface area contributed by atoms with Crippen molar-refractivity contribution in [3.8, 4) is 0 Å². The van der Waals surface area contributed by atoms with Crippen molar-refractivity contribution >= 4 is 17.7 Å². The molecular formula is C14H20N2OS. The Morgan fingerprint density at radius 2 is 2.17 bits per heavy atom. The first kappa shape index (κ1) is 13.4. The third-order valence-electron chi connectivity index (χ3n) is 3.07. The Balaban J connectivity index is 1.63. The van der Waals surface area contributed by atoms with Gasteiger partial charge in [-0.15, -0.1) is 11.8 Å². The van der Waals surface area contributed by atoms with Crippen LogP contribution in [0.15, 0.2) is 35.2 Å². The first-order valence-electron chi connectivity index (χ1n) is 6.52. The van der Waals surface area contributed by atoms with Crippen molar-refractivity contribution in [2.24, 2.45) is 0 Å². The van der Waals surface area contributed by atoms with Crippen molar-refractivity contribution < 1.29 is 4.79 Å². The standard InChI is InChI=1S/C14H20N2OS/c17-14(11-18-13-7-2-1-3-8-13)16-10-12-6-4-5-9-15-12/h1-3,7-8,12,15H,4-6,9-11H2,(H,16,17). The second kappa shape index (κ2) is 7.44. The average molecular weight is 264 g/mol. The molecule has 2 rings (SSSR count). The Morgan fingerprint density at radius 3 is 2.89 bits per heavy atom. The zero-order valence-corrected chi connectivity index (χ0v) is 11.3. The minimum absolute atomic E-state index is 0.122. The summed E-state index contributed by atoms with van der Waals surface area (Å²) in [7, 11) is 0. The van der Waals surface area contributed by atoms with Gasteiger partial charge in [-0.25, -0.2) is 0 Å². The number of nitrogens with one attached hydrogen (secondary N) is 2. The summed E-state index contributed by atoms with van der Waals surface area (Å²) in [6, 6.07) is 10.5. The zero-order chi connectivity index (χ0) is 12.6. The fraction of sp³-hybridized carbons (Fsp3) is 0.500. The van der Waals surface area contributed by atoms with Crippen LogP contribution < -0.4 is 10.6 Å². The Labute approximate surface area is 113 Å². The van der Waals surface area contributed by atoms with Crippen LogP contribution in [0.4, 0.5) is 0 Å². The van der Waals surface area contributed by atoms with Crippen LogP contribution in [-0.2, 0) is 4.79 Å². The largest absolute Gasteiger partial charge is 0.354 e. The lowest BCUT2D eigenvalue weighted by Gasteiger charge is -2.23. The smallest absolute Gasteiger partial charge is 0.230 e. The van der Waals surface area contributed by atoms with E-state index >= 15 is 0 Å². The van der Waals surface area contributed by atoms with E-state index in [0.29, 0.717) is 11.8 Å². The zero-order valence-electron chi connectivity index (χ0n) is 10.5. The van der Waals surface area contributed by atoms with Gasteiger partial charge in [0.15, 0.2) is 0 Å². The number of thioether (sulfide) groups is 1. The second-order valence-electron chi connectivity index (χ2n) is 4.55. The minimum Gasteiger partial charge on any atom is -0.354 e. The lowest BCUT2D eigenvalue weighted by atomic mass is 10.1. The first-order valence-corrected chi connectivity index (χ1v) is 7.51. The molecule has 1 aromatic rings. The van der Waals surface area contributed by atoms with Crippen molar-refractivity contribution in [2.45, 2.75) is 30.2 Å². The van der Waals surface area contributed by atoms with Crippen LogP contribution in [0.5, 0.6) is 0 Å². The third kappa shape index (κ3) is 4.70. The molecule has 0 saturated carbocycles. The maximum absolute atomic E-state index is 11.7. The van der Waals surface area contributed by atoms with Crippen LogP contribution >= 0.6 is 11.8 Å². The summed E-state index contributed by atoms with van der Waals surface area (Å²) in [5.41, 5.74) is 0. The van der Waals surface area contributed by atoms with E-state index in [2.05, 4.69) is 10.6 Å². The number of benzene rings is 1. The molecule has 1 saturated heterocycles. The molecule has 1 aromatic carbocycles. The number of carbonyl (C=O) groups excluding carboxylic acids is 1.